The van der Waals surface area contributed by atoms with Crippen molar-refractivity contribution in [1.82, 2.24) is 0 Å². The minimum Gasteiger partial charge on any atom is -0.744 e. The maximum Gasteiger partial charge on any atom is 0.425 e. The van der Waals surface area contributed by atoms with E-state index in [-0.39, 0.29) is 40.0 Å². The molecule has 0 amide bonds. The van der Waals surface area contributed by atoms with Crippen LogP contribution in [0.1, 0.15) is 97.1 Å². The van der Waals surface area contributed by atoms with Gasteiger partial charge in [-0.25, -0.2) is 16.8 Å². The lowest BCUT2D eigenvalue weighted by Gasteiger charge is -2.26. The molecule has 0 saturated carbocycles. The summed E-state index contributed by atoms with van der Waals surface area (Å²) < 4.78 is 157. The van der Waals surface area contributed by atoms with Crippen LogP contribution in [0.4, 0.5) is 11.4 Å². The summed E-state index contributed by atoms with van der Waals surface area (Å²) in [5, 5.41) is 2.72. The maximum atomic E-state index is 12.6. The van der Waals surface area contributed by atoms with Gasteiger partial charge in [0.2, 0.25) is 5.69 Å². The Hall–Kier alpha value is -5.20. The molecule has 2 N–H and O–H groups in total. The van der Waals surface area contributed by atoms with Gasteiger partial charge in [0.15, 0.2) is 15.5 Å². The molecule has 4 aromatic carbocycles. The third kappa shape index (κ3) is 12.6. The van der Waals surface area contributed by atoms with Crippen molar-refractivity contribution in [2.75, 3.05) is 23.7 Å². The second kappa shape index (κ2) is 21.7. The van der Waals surface area contributed by atoms with E-state index in [1.807, 2.05) is 63.3 Å². The second-order valence-corrected chi connectivity index (χ2v) is 24.6. The van der Waals surface area contributed by atoms with Crippen molar-refractivity contribution in [3.05, 3.63) is 114 Å². The van der Waals surface area contributed by atoms with Crippen molar-refractivity contribution in [3.8, 4) is 0 Å². The van der Waals surface area contributed by atoms with Crippen LogP contribution < -0.4 is 4.90 Å². The van der Waals surface area contributed by atoms with Crippen LogP contribution in [-0.2, 0) is 66.4 Å². The Morgan fingerprint density at radius 2 is 1.34 bits per heavy atom. The molecular formula is C48H56N2O15S5. The molecule has 2 aliphatic heterocycles. The number of carbonyl (C=O) groups is 1. The predicted octanol–water partition coefficient (Wildman–Crippen LogP) is 7.82. The van der Waals surface area contributed by atoms with Crippen LogP contribution in [0.25, 0.3) is 21.5 Å². The zero-order chi connectivity index (χ0) is 52.2. The van der Waals surface area contributed by atoms with Gasteiger partial charge in [0, 0.05) is 71.1 Å². The third-order valence-electron chi connectivity index (χ3n) is 12.6. The van der Waals surface area contributed by atoms with Gasteiger partial charge in [-0.15, -0.1) is 12.6 Å². The highest BCUT2D eigenvalue weighted by Gasteiger charge is 2.46. The fourth-order valence-corrected chi connectivity index (χ4v) is 12.0. The van der Waals surface area contributed by atoms with Crippen molar-refractivity contribution in [2.45, 2.75) is 112 Å². The molecule has 0 unspecified atom stereocenters. The van der Waals surface area contributed by atoms with Gasteiger partial charge in [-0.2, -0.15) is 21.4 Å². The van der Waals surface area contributed by atoms with Gasteiger partial charge in [0.1, 0.15) is 27.3 Å². The summed E-state index contributed by atoms with van der Waals surface area (Å²) in [6, 6.07) is 13.5. The van der Waals surface area contributed by atoms with Gasteiger partial charge in [-0.05, 0) is 104 Å². The number of benzene rings is 4. The normalized spacial score (nSPS) is 16.3. The molecule has 0 radical (unpaired) electrons. The lowest BCUT2D eigenvalue weighted by atomic mass is 9.79. The van der Waals surface area contributed by atoms with Gasteiger partial charge < -0.3 is 9.45 Å². The smallest absolute Gasteiger partial charge is 0.425 e. The molecular weight excluding hydrogens is 1000 g/mol. The number of anilines is 1. The Balaban J connectivity index is 0.00000219. The zero-order valence-electron chi connectivity index (χ0n) is 39.3. The van der Waals surface area contributed by atoms with Gasteiger partial charge in [-0.1, -0.05) is 63.6 Å². The average Bonchev–Trinajstić information content (AvgIpc) is 3.62. The van der Waals surface area contributed by atoms with Crippen LogP contribution >= 0.6 is 0 Å². The SMILES string of the molecule is C=CS(=O)(=O)CCCC(=O)CCCCCCC[N+]1=C(C=CC=CC=C2N(CC)c3ccc4ccc(S(=O)(=O)[O-])cc4c3C2(C)C)C(C)(C)c2c1ccc1c(S(=O)(=O)O)cc(S(=O)(=O)O)cc21.O=S(=O)=O. The van der Waals surface area contributed by atoms with Crippen molar-refractivity contribution < 1.29 is 69.3 Å². The highest BCUT2D eigenvalue weighted by molar-refractivity contribution is 7.94. The van der Waals surface area contributed by atoms with Crippen LogP contribution in [-0.4, -0.2) is 94.9 Å². The number of fused-ring (bicyclic) bond motifs is 6. The molecule has 17 nitrogen and oxygen atoms in total. The van der Waals surface area contributed by atoms with Gasteiger partial charge >= 0.3 is 10.6 Å². The number of Topliss-reactive ketones (excluding diaryl/α,β-unsaturated/α-hetero) is 1. The Kier molecular flexibility index (Phi) is 17.2. The van der Waals surface area contributed by atoms with Crippen LogP contribution in [0, 0.1) is 0 Å². The van der Waals surface area contributed by atoms with Crippen LogP contribution in [0.15, 0.2) is 117 Å². The molecule has 0 bridgehead atoms. The zero-order valence-corrected chi connectivity index (χ0v) is 43.4. The first-order valence-corrected chi connectivity index (χ1v) is 29.2. The van der Waals surface area contributed by atoms with E-state index in [1.165, 1.54) is 24.3 Å². The minimum absolute atomic E-state index is 0.0196. The van der Waals surface area contributed by atoms with Gasteiger partial charge in [0.25, 0.3) is 20.2 Å². The number of ketones is 1. The molecule has 4 aromatic rings. The Morgan fingerprint density at radius 3 is 1.96 bits per heavy atom. The molecule has 0 fully saturated rings. The number of unbranched alkanes of at least 4 members (excludes halogenated alkanes) is 4. The fourth-order valence-electron chi connectivity index (χ4n) is 9.46. The number of carbonyl (C=O) groups excluding carboxylic acids is 1. The molecule has 378 valence electrons. The van der Waals surface area contributed by atoms with Crippen LogP contribution in [0.3, 0.4) is 0 Å². The van der Waals surface area contributed by atoms with E-state index in [9.17, 15) is 52.1 Å². The number of hydrogen-bond acceptors (Lipinski definition) is 14. The van der Waals surface area contributed by atoms with Crippen molar-refractivity contribution in [1.29, 1.82) is 0 Å². The summed E-state index contributed by atoms with van der Waals surface area (Å²) in [6.07, 6.45) is 14.2. The lowest BCUT2D eigenvalue weighted by Crippen LogP contribution is -2.28. The first-order chi connectivity index (χ1) is 32.5. The Bertz CT molecular complexity index is 3460. The molecule has 2 heterocycles. The molecule has 2 aliphatic rings. The van der Waals surface area contributed by atoms with Crippen LogP contribution in [0.2, 0.25) is 0 Å². The van der Waals surface area contributed by atoms with E-state index < -0.39 is 71.4 Å². The molecule has 6 rings (SSSR count). The summed E-state index contributed by atoms with van der Waals surface area (Å²) in [7, 11) is -21.0. The van der Waals surface area contributed by atoms with E-state index in [4.69, 9.17) is 12.6 Å². The van der Waals surface area contributed by atoms with Crippen molar-refractivity contribution in [2.24, 2.45) is 0 Å². The van der Waals surface area contributed by atoms with E-state index >= 15 is 0 Å². The van der Waals surface area contributed by atoms with Gasteiger partial charge in [-0.3, -0.25) is 13.9 Å². The first-order valence-electron chi connectivity index (χ1n) is 22.2. The third-order valence-corrected chi connectivity index (χ3v) is 16.5. The van der Waals surface area contributed by atoms with Crippen molar-refractivity contribution in [3.63, 3.8) is 0 Å². The molecule has 0 spiro atoms. The van der Waals surface area contributed by atoms with Crippen LogP contribution in [0.5, 0.6) is 0 Å². The molecule has 0 aliphatic carbocycles. The predicted molar refractivity (Wildman–Crippen MR) is 266 cm³/mol. The number of sulfone groups is 1. The van der Waals surface area contributed by atoms with E-state index in [1.54, 1.807) is 12.1 Å². The van der Waals surface area contributed by atoms with E-state index in [2.05, 4.69) is 29.9 Å². The summed E-state index contributed by atoms with van der Waals surface area (Å²) in [5.74, 6) is -0.0832. The van der Waals surface area contributed by atoms with E-state index in [0.717, 1.165) is 65.2 Å². The topological polar surface area (TPSA) is 275 Å². The minimum atomic E-state index is -4.93. The molecule has 0 aromatic heterocycles. The Morgan fingerprint density at radius 1 is 0.729 bits per heavy atom. The lowest BCUT2D eigenvalue weighted by molar-refractivity contribution is -0.438. The largest absolute Gasteiger partial charge is 0.744 e. The summed E-state index contributed by atoms with van der Waals surface area (Å²) >= 11 is 0. The monoisotopic (exact) mass is 1060 g/mol. The number of rotatable bonds is 20. The fraction of sp³-hybridized carbons (Fsp3) is 0.375. The molecule has 0 saturated heterocycles. The first kappa shape index (κ1) is 55.7. The van der Waals surface area contributed by atoms with Crippen molar-refractivity contribution >= 4 is 95.2 Å². The number of allylic oxidation sites excluding steroid dienone is 6. The highest BCUT2D eigenvalue weighted by atomic mass is 32.2. The molecule has 22 heteroatoms. The highest BCUT2D eigenvalue weighted by Crippen LogP contribution is 2.51. The summed E-state index contributed by atoms with van der Waals surface area (Å²) in [6.45, 7) is 14.4. The molecule has 70 heavy (non-hydrogen) atoms. The average molecular weight is 1060 g/mol. The standard InChI is InChI=1S/C48H56N2O12S4.O3S/c1-7-49-40-26-23-33-22-24-35(64(54,55)56)30-38(33)45(40)47(3,4)43(49)20-14-12-15-21-44-48(5,6)46-39-31-36(65(57,58)59)32-42(66(60,61)62)37(39)25-27-41(46)50(44)28-16-11-9-10-13-18-34(51)19-17-29-63(52,53)8-2;1-4(2)3/h8,12,14-15,20-27,30-32H,2,7,9-11,13,16-19,28-29H2,1,3-6H3,(H2-,54,55,56,57,58,59,60,61,62);. The maximum absolute atomic E-state index is 12.6. The van der Waals surface area contributed by atoms with E-state index in [0.29, 0.717) is 42.6 Å². The Labute approximate surface area is 411 Å². The number of nitrogens with zero attached hydrogens (tertiary/aromatic N) is 2. The summed E-state index contributed by atoms with van der Waals surface area (Å²) in [5.41, 5.74) is 3.44. The number of likely N-dealkylation sites (N-methyl/N-ethyl adjacent to an activating group) is 1. The number of hydrogen-bond donors (Lipinski definition) is 2. The quantitative estimate of drug-likeness (QED) is 0.0369. The van der Waals surface area contributed by atoms with Gasteiger partial charge in [0.05, 0.1) is 21.0 Å². The molecule has 0 atom stereocenters. The second-order valence-electron chi connectivity index (χ2n) is 17.9. The summed E-state index contributed by atoms with van der Waals surface area (Å²) in [4.78, 5) is 12.9.